The SMILES string of the molecule is Cc1ccccc1NCC(=O)NN[C@H]1CCc2c1[nH]c(=O)n(C1CCCCC1)c2=O. The number of amides is 1. The number of nitrogens with one attached hydrogen (secondary N) is 4. The van der Waals surface area contributed by atoms with E-state index in [9.17, 15) is 14.4 Å². The number of aromatic amines is 1. The topological polar surface area (TPSA) is 108 Å². The first kappa shape index (κ1) is 20.4. The van der Waals surface area contributed by atoms with E-state index in [-0.39, 0.29) is 35.8 Å². The second kappa shape index (κ2) is 8.87. The van der Waals surface area contributed by atoms with Gasteiger partial charge in [0.25, 0.3) is 11.5 Å². The summed E-state index contributed by atoms with van der Waals surface area (Å²) in [6, 6.07) is 7.49. The molecule has 8 nitrogen and oxygen atoms in total. The van der Waals surface area contributed by atoms with E-state index in [0.29, 0.717) is 24.1 Å². The number of hydrogen-bond acceptors (Lipinski definition) is 5. The summed E-state index contributed by atoms with van der Waals surface area (Å²) < 4.78 is 1.42. The Labute approximate surface area is 175 Å². The van der Waals surface area contributed by atoms with Crippen LogP contribution in [0.15, 0.2) is 33.9 Å². The first-order valence-corrected chi connectivity index (χ1v) is 10.8. The van der Waals surface area contributed by atoms with Gasteiger partial charge in [-0.2, -0.15) is 0 Å². The van der Waals surface area contributed by atoms with E-state index in [2.05, 4.69) is 21.2 Å². The van der Waals surface area contributed by atoms with Gasteiger partial charge in [0, 0.05) is 23.0 Å². The summed E-state index contributed by atoms with van der Waals surface area (Å²) in [5.74, 6) is -0.218. The van der Waals surface area contributed by atoms with Crippen LogP contribution in [-0.2, 0) is 11.2 Å². The van der Waals surface area contributed by atoms with E-state index in [1.807, 2.05) is 31.2 Å². The highest BCUT2D eigenvalue weighted by Gasteiger charge is 2.30. The molecule has 1 fully saturated rings. The van der Waals surface area contributed by atoms with Gasteiger partial charge >= 0.3 is 5.69 Å². The van der Waals surface area contributed by atoms with E-state index in [0.717, 1.165) is 36.9 Å². The average Bonchev–Trinajstić information content (AvgIpc) is 3.15. The van der Waals surface area contributed by atoms with Crippen molar-refractivity contribution in [2.45, 2.75) is 64.0 Å². The fourth-order valence-corrected chi connectivity index (χ4v) is 4.55. The van der Waals surface area contributed by atoms with Crippen molar-refractivity contribution in [1.29, 1.82) is 0 Å². The van der Waals surface area contributed by atoms with Crippen molar-refractivity contribution in [3.63, 3.8) is 0 Å². The third kappa shape index (κ3) is 4.18. The van der Waals surface area contributed by atoms with Gasteiger partial charge in [-0.3, -0.25) is 19.6 Å². The van der Waals surface area contributed by atoms with Gasteiger partial charge in [-0.25, -0.2) is 10.2 Å². The normalized spacial score (nSPS) is 18.8. The minimum Gasteiger partial charge on any atom is -0.376 e. The van der Waals surface area contributed by atoms with E-state index >= 15 is 0 Å². The number of benzene rings is 1. The highest BCUT2D eigenvalue weighted by molar-refractivity contribution is 5.80. The van der Waals surface area contributed by atoms with E-state index in [1.165, 1.54) is 11.0 Å². The Hall–Kier alpha value is -2.87. The molecule has 30 heavy (non-hydrogen) atoms. The number of hydrazine groups is 1. The predicted molar refractivity (Wildman–Crippen MR) is 115 cm³/mol. The van der Waals surface area contributed by atoms with Gasteiger partial charge in [-0.1, -0.05) is 37.5 Å². The summed E-state index contributed by atoms with van der Waals surface area (Å²) in [5, 5.41) is 3.11. The molecule has 2 aromatic rings. The highest BCUT2D eigenvalue weighted by Crippen LogP contribution is 2.29. The van der Waals surface area contributed by atoms with Crippen molar-refractivity contribution >= 4 is 11.6 Å². The van der Waals surface area contributed by atoms with Crippen molar-refractivity contribution in [3.05, 3.63) is 61.9 Å². The maximum atomic E-state index is 13.0. The lowest BCUT2D eigenvalue weighted by Gasteiger charge is -2.23. The van der Waals surface area contributed by atoms with Crippen molar-refractivity contribution in [1.82, 2.24) is 20.4 Å². The van der Waals surface area contributed by atoms with Gasteiger partial charge in [-0.15, -0.1) is 0 Å². The van der Waals surface area contributed by atoms with E-state index in [4.69, 9.17) is 0 Å². The minimum atomic E-state index is -0.341. The Morgan fingerprint density at radius 3 is 2.67 bits per heavy atom. The lowest BCUT2D eigenvalue weighted by Crippen LogP contribution is -2.44. The third-order valence-corrected chi connectivity index (χ3v) is 6.20. The van der Waals surface area contributed by atoms with E-state index in [1.54, 1.807) is 0 Å². The minimum absolute atomic E-state index is 0.000436. The largest absolute Gasteiger partial charge is 0.376 e. The molecule has 1 heterocycles. The standard InChI is InChI=1S/C22H29N5O3/c1-14-7-5-6-10-17(14)23-13-19(28)26-25-18-12-11-16-20(18)24-22(30)27(21(16)29)15-8-3-2-4-9-15/h5-7,10,15,18,23,25H,2-4,8-9,11-13H2,1H3,(H,24,30)(H,26,28)/t18-/m0/s1. The Bertz CT molecular complexity index is 1040. The van der Waals surface area contributed by atoms with Crippen LogP contribution in [0.2, 0.25) is 0 Å². The first-order chi connectivity index (χ1) is 14.5. The predicted octanol–water partition coefficient (Wildman–Crippen LogP) is 2.07. The lowest BCUT2D eigenvalue weighted by atomic mass is 9.95. The summed E-state index contributed by atoms with van der Waals surface area (Å²) in [6.45, 7) is 2.10. The molecule has 0 aliphatic heterocycles. The molecule has 2 aliphatic rings. The number of H-pyrrole nitrogens is 1. The highest BCUT2D eigenvalue weighted by atomic mass is 16.2. The van der Waals surface area contributed by atoms with Crippen LogP contribution in [0.3, 0.4) is 0 Å². The van der Waals surface area contributed by atoms with Crippen LogP contribution in [0.25, 0.3) is 0 Å². The molecule has 0 radical (unpaired) electrons. The number of carbonyl (C=O) groups is 1. The molecule has 4 N–H and O–H groups in total. The molecule has 160 valence electrons. The summed E-state index contributed by atoms with van der Waals surface area (Å²) in [7, 11) is 0. The van der Waals surface area contributed by atoms with Crippen molar-refractivity contribution < 1.29 is 4.79 Å². The fraction of sp³-hybridized carbons (Fsp3) is 0.500. The molecule has 2 aliphatic carbocycles. The van der Waals surface area contributed by atoms with Crippen LogP contribution >= 0.6 is 0 Å². The van der Waals surface area contributed by atoms with Crippen LogP contribution in [0.4, 0.5) is 5.69 Å². The van der Waals surface area contributed by atoms with Crippen molar-refractivity contribution in [3.8, 4) is 0 Å². The molecular weight excluding hydrogens is 382 g/mol. The molecule has 0 saturated heterocycles. The molecule has 0 unspecified atom stereocenters. The zero-order valence-electron chi connectivity index (χ0n) is 17.3. The molecule has 1 amide bonds. The third-order valence-electron chi connectivity index (χ3n) is 6.20. The number of fused-ring (bicyclic) bond motifs is 1. The summed E-state index contributed by atoms with van der Waals surface area (Å²) in [5.41, 5.74) is 8.40. The Morgan fingerprint density at radius 2 is 1.90 bits per heavy atom. The van der Waals surface area contributed by atoms with Crippen LogP contribution in [0.5, 0.6) is 0 Å². The molecular formula is C22H29N5O3. The van der Waals surface area contributed by atoms with Gasteiger partial charge in [-0.05, 0) is 44.2 Å². The molecule has 1 aromatic carbocycles. The molecule has 0 spiro atoms. The lowest BCUT2D eigenvalue weighted by molar-refractivity contribution is -0.120. The number of carbonyl (C=O) groups excluding carboxylic acids is 1. The van der Waals surface area contributed by atoms with Crippen LogP contribution in [0.1, 0.15) is 67.4 Å². The number of hydrogen-bond donors (Lipinski definition) is 4. The number of aryl methyl sites for hydroxylation is 1. The maximum Gasteiger partial charge on any atom is 0.328 e. The van der Waals surface area contributed by atoms with Crippen LogP contribution < -0.4 is 27.4 Å². The number of nitrogens with zero attached hydrogens (tertiary/aromatic N) is 1. The molecule has 1 aromatic heterocycles. The summed E-state index contributed by atoms with van der Waals surface area (Å²) in [4.78, 5) is 40.8. The Kier molecular flexibility index (Phi) is 6.03. The monoisotopic (exact) mass is 411 g/mol. The smallest absolute Gasteiger partial charge is 0.328 e. The number of anilines is 1. The summed E-state index contributed by atoms with van der Waals surface area (Å²) >= 11 is 0. The molecule has 4 rings (SSSR count). The quantitative estimate of drug-likeness (QED) is 0.544. The van der Waals surface area contributed by atoms with Crippen molar-refractivity contribution in [2.24, 2.45) is 0 Å². The van der Waals surface area contributed by atoms with Gasteiger partial charge in [0.1, 0.15) is 0 Å². The molecule has 1 saturated carbocycles. The van der Waals surface area contributed by atoms with E-state index < -0.39 is 0 Å². The number of aromatic nitrogens is 2. The van der Waals surface area contributed by atoms with Gasteiger partial charge in [0.2, 0.25) is 0 Å². The van der Waals surface area contributed by atoms with Gasteiger partial charge < -0.3 is 10.3 Å². The summed E-state index contributed by atoms with van der Waals surface area (Å²) in [6.07, 6.45) is 6.29. The van der Waals surface area contributed by atoms with Crippen LogP contribution in [-0.4, -0.2) is 22.0 Å². The zero-order valence-corrected chi connectivity index (χ0v) is 17.3. The zero-order chi connectivity index (χ0) is 21.1. The molecule has 8 heteroatoms. The van der Waals surface area contributed by atoms with Crippen LogP contribution in [0, 0.1) is 6.92 Å². The molecule has 1 atom stereocenters. The van der Waals surface area contributed by atoms with Gasteiger partial charge in [0.15, 0.2) is 0 Å². The van der Waals surface area contributed by atoms with Gasteiger partial charge in [0.05, 0.1) is 12.6 Å². The molecule has 0 bridgehead atoms. The Balaban J connectivity index is 1.40. The first-order valence-electron chi connectivity index (χ1n) is 10.8. The van der Waals surface area contributed by atoms with Crippen molar-refractivity contribution in [2.75, 3.05) is 11.9 Å². The fourth-order valence-electron chi connectivity index (χ4n) is 4.55. The second-order valence-electron chi connectivity index (χ2n) is 8.24. The average molecular weight is 412 g/mol. The second-order valence-corrected chi connectivity index (χ2v) is 8.24. The maximum absolute atomic E-state index is 13.0. The Morgan fingerprint density at radius 1 is 1.13 bits per heavy atom. The number of rotatable bonds is 6. The number of para-hydroxylation sites is 1.